The van der Waals surface area contributed by atoms with Crippen LogP contribution in [0.1, 0.15) is 19.4 Å². The van der Waals surface area contributed by atoms with E-state index in [1.165, 1.54) is 0 Å². The van der Waals surface area contributed by atoms with E-state index >= 15 is 0 Å². The van der Waals surface area contributed by atoms with E-state index in [9.17, 15) is 10.1 Å². The maximum absolute atomic E-state index is 10.6. The Labute approximate surface area is 126 Å². The predicted molar refractivity (Wildman–Crippen MR) is 84.4 cm³/mol. The molecule has 2 N–H and O–H groups in total. The van der Waals surface area contributed by atoms with E-state index in [2.05, 4.69) is 25.8 Å². The predicted octanol–water partition coefficient (Wildman–Crippen LogP) is 2.48. The van der Waals surface area contributed by atoms with Crippen LogP contribution in [0.3, 0.4) is 0 Å². The molecule has 0 bridgehead atoms. The number of nitro groups is 1. The van der Waals surface area contributed by atoms with Gasteiger partial charge in [-0.05, 0) is 31.0 Å². The van der Waals surface area contributed by atoms with E-state index in [0.29, 0.717) is 6.54 Å². The summed E-state index contributed by atoms with van der Waals surface area (Å²) in [5.74, 6) is 0. The van der Waals surface area contributed by atoms with Crippen molar-refractivity contribution in [2.24, 2.45) is 11.1 Å². The van der Waals surface area contributed by atoms with Gasteiger partial charge in [0.05, 0.1) is 4.92 Å². The molecule has 0 atom stereocenters. The van der Waals surface area contributed by atoms with Crippen molar-refractivity contribution in [3.05, 3.63) is 39.9 Å². The number of rotatable bonds is 7. The van der Waals surface area contributed by atoms with E-state index in [-0.39, 0.29) is 28.4 Å². The zero-order valence-electron chi connectivity index (χ0n) is 12.3. The number of halogens is 1. The molecule has 5 nitrogen and oxygen atoms in total. The molecule has 0 aromatic heterocycles. The molecule has 1 aromatic carbocycles. The summed E-state index contributed by atoms with van der Waals surface area (Å²) < 4.78 is 0. The number of benzene rings is 1. The van der Waals surface area contributed by atoms with Crippen molar-refractivity contribution >= 4 is 18.1 Å². The standard InChI is InChI=1S/C14H23N3O2.ClH/c1-14(2,10-15)11-16(3)9-8-12-4-6-13(7-5-12)17(18)19;/h4-7H,8-11,15H2,1-3H3;1H. The molecule has 6 heteroatoms. The van der Waals surface area contributed by atoms with Crippen LogP contribution in [0.25, 0.3) is 0 Å². The maximum atomic E-state index is 10.6. The van der Waals surface area contributed by atoms with E-state index in [0.717, 1.165) is 25.1 Å². The van der Waals surface area contributed by atoms with Crippen molar-refractivity contribution in [1.82, 2.24) is 4.90 Å². The lowest BCUT2D eigenvalue weighted by Gasteiger charge is -2.28. The molecule has 0 unspecified atom stereocenters. The Kier molecular flexibility index (Phi) is 7.71. The van der Waals surface area contributed by atoms with E-state index < -0.39 is 0 Å². The molecule has 0 amide bonds. The van der Waals surface area contributed by atoms with E-state index in [1.807, 2.05) is 12.1 Å². The summed E-state index contributed by atoms with van der Waals surface area (Å²) in [5, 5.41) is 10.6. The molecular weight excluding hydrogens is 278 g/mol. The van der Waals surface area contributed by atoms with Gasteiger partial charge in [0.2, 0.25) is 0 Å². The molecule has 0 heterocycles. The molecule has 0 aliphatic carbocycles. The monoisotopic (exact) mass is 301 g/mol. The summed E-state index contributed by atoms with van der Waals surface area (Å²) in [7, 11) is 2.07. The first-order valence-corrected chi connectivity index (χ1v) is 6.46. The second kappa shape index (κ2) is 8.19. The van der Waals surface area contributed by atoms with Gasteiger partial charge in [-0.1, -0.05) is 26.0 Å². The van der Waals surface area contributed by atoms with Crippen LogP contribution >= 0.6 is 12.4 Å². The number of nitrogens with two attached hydrogens (primary N) is 1. The Morgan fingerprint density at radius 2 is 1.85 bits per heavy atom. The molecular formula is C14H24ClN3O2. The smallest absolute Gasteiger partial charge is 0.269 e. The number of hydrogen-bond donors (Lipinski definition) is 1. The Balaban J connectivity index is 0.00000361. The second-order valence-electron chi connectivity index (χ2n) is 5.78. The van der Waals surface area contributed by atoms with E-state index in [4.69, 9.17) is 5.73 Å². The van der Waals surface area contributed by atoms with Gasteiger partial charge in [0, 0.05) is 25.2 Å². The van der Waals surface area contributed by atoms with Crippen molar-refractivity contribution in [3.8, 4) is 0 Å². The van der Waals surface area contributed by atoms with Crippen LogP contribution in [0.4, 0.5) is 5.69 Å². The highest BCUT2D eigenvalue weighted by Gasteiger charge is 2.17. The van der Waals surface area contributed by atoms with Crippen LogP contribution in [0.15, 0.2) is 24.3 Å². The van der Waals surface area contributed by atoms with Crippen LogP contribution in [0.2, 0.25) is 0 Å². The molecule has 0 spiro atoms. The quantitative estimate of drug-likeness (QED) is 0.620. The van der Waals surface area contributed by atoms with E-state index in [1.54, 1.807) is 12.1 Å². The molecule has 0 saturated carbocycles. The van der Waals surface area contributed by atoms with Gasteiger partial charge in [-0.3, -0.25) is 10.1 Å². The highest BCUT2D eigenvalue weighted by Crippen LogP contribution is 2.15. The number of non-ortho nitro benzene ring substituents is 1. The Morgan fingerprint density at radius 3 is 2.30 bits per heavy atom. The van der Waals surface area contributed by atoms with Crippen molar-refractivity contribution in [1.29, 1.82) is 0 Å². The second-order valence-corrected chi connectivity index (χ2v) is 5.78. The lowest BCUT2D eigenvalue weighted by Crippen LogP contribution is -2.37. The molecule has 0 fully saturated rings. The van der Waals surface area contributed by atoms with Crippen LogP contribution in [-0.4, -0.2) is 36.5 Å². The van der Waals surface area contributed by atoms with Crippen molar-refractivity contribution in [2.75, 3.05) is 26.7 Å². The highest BCUT2D eigenvalue weighted by molar-refractivity contribution is 5.85. The minimum Gasteiger partial charge on any atom is -0.330 e. The molecule has 0 saturated heterocycles. The van der Waals surface area contributed by atoms with Gasteiger partial charge in [0.1, 0.15) is 0 Å². The third-order valence-electron chi connectivity index (χ3n) is 3.18. The fraction of sp³-hybridized carbons (Fsp3) is 0.571. The summed E-state index contributed by atoms with van der Waals surface area (Å²) in [6, 6.07) is 6.75. The van der Waals surface area contributed by atoms with Gasteiger partial charge in [-0.25, -0.2) is 0 Å². The number of hydrogen-bond acceptors (Lipinski definition) is 4. The van der Waals surface area contributed by atoms with Gasteiger partial charge in [0.25, 0.3) is 5.69 Å². The Hall–Kier alpha value is -1.17. The maximum Gasteiger partial charge on any atom is 0.269 e. The average molecular weight is 302 g/mol. The molecule has 0 radical (unpaired) electrons. The van der Waals surface area contributed by atoms with Crippen LogP contribution in [-0.2, 0) is 6.42 Å². The normalized spacial score (nSPS) is 11.2. The summed E-state index contributed by atoms with van der Waals surface area (Å²) in [4.78, 5) is 12.4. The zero-order chi connectivity index (χ0) is 14.5. The van der Waals surface area contributed by atoms with Gasteiger partial charge >= 0.3 is 0 Å². The van der Waals surface area contributed by atoms with Crippen molar-refractivity contribution < 1.29 is 4.92 Å². The molecule has 0 aliphatic heterocycles. The van der Waals surface area contributed by atoms with Crippen LogP contribution in [0, 0.1) is 15.5 Å². The minimum atomic E-state index is -0.375. The summed E-state index contributed by atoms with van der Waals surface area (Å²) >= 11 is 0. The summed E-state index contributed by atoms with van der Waals surface area (Å²) in [5.41, 5.74) is 7.09. The first-order valence-electron chi connectivity index (χ1n) is 6.46. The fourth-order valence-electron chi connectivity index (χ4n) is 1.98. The lowest BCUT2D eigenvalue weighted by molar-refractivity contribution is -0.384. The third-order valence-corrected chi connectivity index (χ3v) is 3.18. The summed E-state index contributed by atoms with van der Waals surface area (Å²) in [6.45, 7) is 6.82. The average Bonchev–Trinajstić information content (AvgIpc) is 2.36. The molecule has 1 aromatic rings. The largest absolute Gasteiger partial charge is 0.330 e. The molecule has 114 valence electrons. The topological polar surface area (TPSA) is 72.4 Å². The zero-order valence-corrected chi connectivity index (χ0v) is 13.2. The summed E-state index contributed by atoms with van der Waals surface area (Å²) in [6.07, 6.45) is 0.884. The fourth-order valence-corrected chi connectivity index (χ4v) is 1.98. The lowest BCUT2D eigenvalue weighted by atomic mass is 9.93. The van der Waals surface area contributed by atoms with Gasteiger partial charge in [-0.15, -0.1) is 12.4 Å². The van der Waals surface area contributed by atoms with Gasteiger partial charge in [-0.2, -0.15) is 0 Å². The van der Waals surface area contributed by atoms with Crippen LogP contribution in [0.5, 0.6) is 0 Å². The van der Waals surface area contributed by atoms with Gasteiger partial charge < -0.3 is 10.6 Å². The third kappa shape index (κ3) is 6.32. The molecule has 0 aliphatic rings. The first kappa shape index (κ1) is 18.8. The number of likely N-dealkylation sites (N-methyl/N-ethyl adjacent to an activating group) is 1. The molecule has 20 heavy (non-hydrogen) atoms. The van der Waals surface area contributed by atoms with Gasteiger partial charge in [0.15, 0.2) is 0 Å². The minimum absolute atomic E-state index is 0. The van der Waals surface area contributed by atoms with Crippen molar-refractivity contribution in [2.45, 2.75) is 20.3 Å². The first-order chi connectivity index (χ1) is 8.84. The highest BCUT2D eigenvalue weighted by atomic mass is 35.5. The number of nitrogens with zero attached hydrogens (tertiary/aromatic N) is 2. The Morgan fingerprint density at radius 1 is 1.30 bits per heavy atom. The molecule has 1 rings (SSSR count). The van der Waals surface area contributed by atoms with Crippen molar-refractivity contribution in [3.63, 3.8) is 0 Å². The van der Waals surface area contributed by atoms with Crippen LogP contribution < -0.4 is 5.73 Å². The Bertz CT molecular complexity index is 421. The number of nitro benzene ring substituents is 1. The SMILES string of the molecule is CN(CCc1ccc([N+](=O)[O-])cc1)CC(C)(C)CN.Cl.